The molecule has 20 heavy (non-hydrogen) atoms. The van der Waals surface area contributed by atoms with Crippen molar-refractivity contribution in [2.45, 2.75) is 10.6 Å². The van der Waals surface area contributed by atoms with Gasteiger partial charge < -0.3 is 5.73 Å². The lowest BCUT2D eigenvalue weighted by molar-refractivity contribution is 0.590. The van der Waals surface area contributed by atoms with Crippen molar-refractivity contribution >= 4 is 38.7 Å². The van der Waals surface area contributed by atoms with Gasteiger partial charge in [0, 0.05) is 10.0 Å². The molecule has 0 aliphatic heterocycles. The van der Waals surface area contributed by atoms with Crippen LogP contribution in [0.4, 0.5) is 10.1 Å². The largest absolute Gasteiger partial charge is 0.398 e. The molecule has 0 aliphatic carbocycles. The van der Waals surface area contributed by atoms with E-state index in [2.05, 4.69) is 0 Å². The van der Waals surface area contributed by atoms with Crippen molar-refractivity contribution in [1.82, 2.24) is 0 Å². The Labute approximate surface area is 126 Å². The van der Waals surface area contributed by atoms with Crippen molar-refractivity contribution in [3.8, 4) is 0 Å². The van der Waals surface area contributed by atoms with Crippen LogP contribution in [0.15, 0.2) is 41.3 Å². The van der Waals surface area contributed by atoms with Crippen LogP contribution in [-0.4, -0.2) is 8.42 Å². The fraction of sp³-hybridized carbons (Fsp3) is 0.0769. The van der Waals surface area contributed by atoms with E-state index in [9.17, 15) is 12.8 Å². The van der Waals surface area contributed by atoms with Gasteiger partial charge in [-0.1, -0.05) is 29.3 Å². The van der Waals surface area contributed by atoms with Gasteiger partial charge in [-0.3, -0.25) is 0 Å². The molecule has 0 spiro atoms. The van der Waals surface area contributed by atoms with Gasteiger partial charge in [0.15, 0.2) is 9.84 Å². The van der Waals surface area contributed by atoms with E-state index in [1.165, 1.54) is 24.3 Å². The summed E-state index contributed by atoms with van der Waals surface area (Å²) in [6, 6.07) is 7.71. The average Bonchev–Trinajstić information content (AvgIpc) is 2.35. The van der Waals surface area contributed by atoms with Gasteiger partial charge in [0.2, 0.25) is 0 Å². The fourth-order valence-corrected chi connectivity index (χ4v) is 3.79. The first-order chi connectivity index (χ1) is 9.29. The molecule has 0 aromatic heterocycles. The second-order valence-electron chi connectivity index (χ2n) is 4.18. The maximum absolute atomic E-state index is 13.2. The number of anilines is 1. The van der Waals surface area contributed by atoms with Crippen molar-refractivity contribution in [3.05, 3.63) is 57.8 Å². The van der Waals surface area contributed by atoms with E-state index in [-0.39, 0.29) is 21.4 Å². The molecule has 0 unspecified atom stereocenters. The van der Waals surface area contributed by atoms with Crippen molar-refractivity contribution < 1.29 is 12.8 Å². The maximum atomic E-state index is 13.2. The smallest absolute Gasteiger partial charge is 0.184 e. The zero-order chi connectivity index (χ0) is 14.9. The number of nitrogens with two attached hydrogens (primary N) is 1. The highest BCUT2D eigenvalue weighted by molar-refractivity contribution is 7.90. The SMILES string of the molecule is Nc1ccc(F)cc1S(=O)(=O)Cc1ccc(Cl)cc1Cl. The summed E-state index contributed by atoms with van der Waals surface area (Å²) in [4.78, 5) is -0.247. The Hall–Kier alpha value is -1.30. The molecule has 0 atom stereocenters. The molecule has 0 heterocycles. The zero-order valence-corrected chi connectivity index (χ0v) is 12.4. The van der Waals surface area contributed by atoms with Gasteiger partial charge in [-0.15, -0.1) is 0 Å². The minimum absolute atomic E-state index is 0.00325. The molecule has 0 bridgehead atoms. The molecule has 0 amide bonds. The van der Waals surface area contributed by atoms with Crippen LogP contribution in [0.5, 0.6) is 0 Å². The summed E-state index contributed by atoms with van der Waals surface area (Å²) in [6.45, 7) is 0. The topological polar surface area (TPSA) is 60.2 Å². The summed E-state index contributed by atoms with van der Waals surface area (Å²) in [5.74, 6) is -1.05. The molecule has 2 aromatic rings. The molecule has 2 N–H and O–H groups in total. The standard InChI is InChI=1S/C13H10Cl2FNO2S/c14-9-2-1-8(11(15)5-9)7-20(18,19)13-6-10(16)3-4-12(13)17/h1-6H,7,17H2. The monoisotopic (exact) mass is 333 g/mol. The number of hydrogen-bond acceptors (Lipinski definition) is 3. The number of benzene rings is 2. The van der Waals surface area contributed by atoms with Gasteiger partial charge in [0.25, 0.3) is 0 Å². The molecule has 0 saturated heterocycles. The summed E-state index contributed by atoms with van der Waals surface area (Å²) in [5, 5.41) is 0.637. The van der Waals surface area contributed by atoms with Crippen molar-refractivity contribution in [1.29, 1.82) is 0 Å². The second-order valence-corrected chi connectivity index (χ2v) is 6.98. The van der Waals surface area contributed by atoms with E-state index in [4.69, 9.17) is 28.9 Å². The number of hydrogen-bond donors (Lipinski definition) is 1. The third kappa shape index (κ3) is 3.23. The molecule has 0 saturated carbocycles. The quantitative estimate of drug-likeness (QED) is 0.871. The molecular weight excluding hydrogens is 324 g/mol. The van der Waals surface area contributed by atoms with Gasteiger partial charge in [-0.25, -0.2) is 12.8 Å². The Kier molecular flexibility index (Phi) is 4.22. The molecule has 3 nitrogen and oxygen atoms in total. The van der Waals surface area contributed by atoms with Gasteiger partial charge in [0.05, 0.1) is 16.3 Å². The highest BCUT2D eigenvalue weighted by Gasteiger charge is 2.20. The van der Waals surface area contributed by atoms with Crippen molar-refractivity contribution in [3.63, 3.8) is 0 Å². The number of rotatable bonds is 3. The molecule has 0 fully saturated rings. The van der Waals surface area contributed by atoms with Crippen LogP contribution >= 0.6 is 23.2 Å². The Bertz CT molecular complexity index is 763. The van der Waals surface area contributed by atoms with Gasteiger partial charge in [-0.2, -0.15) is 0 Å². The predicted molar refractivity (Wildman–Crippen MR) is 78.2 cm³/mol. The minimum atomic E-state index is -3.79. The number of sulfone groups is 1. The Morgan fingerprint density at radius 1 is 1.10 bits per heavy atom. The van der Waals surface area contributed by atoms with E-state index < -0.39 is 15.7 Å². The lowest BCUT2D eigenvalue weighted by atomic mass is 10.2. The van der Waals surface area contributed by atoms with Crippen LogP contribution in [0.25, 0.3) is 0 Å². The Balaban J connectivity index is 2.43. The van der Waals surface area contributed by atoms with Crippen LogP contribution in [0, 0.1) is 5.82 Å². The zero-order valence-electron chi connectivity index (χ0n) is 10.1. The molecule has 2 aromatic carbocycles. The van der Waals surface area contributed by atoms with E-state index in [1.807, 2.05) is 0 Å². The first-order valence-corrected chi connectivity index (χ1v) is 7.92. The average molecular weight is 334 g/mol. The summed E-state index contributed by atoms with van der Waals surface area (Å²) in [7, 11) is -3.79. The first kappa shape index (κ1) is 15.1. The summed E-state index contributed by atoms with van der Waals surface area (Å²) >= 11 is 11.7. The highest BCUT2D eigenvalue weighted by Crippen LogP contribution is 2.27. The maximum Gasteiger partial charge on any atom is 0.184 e. The molecule has 0 aliphatic rings. The number of nitrogen functional groups attached to an aromatic ring is 1. The third-order valence-corrected chi connectivity index (χ3v) is 4.97. The van der Waals surface area contributed by atoms with E-state index >= 15 is 0 Å². The van der Waals surface area contributed by atoms with E-state index in [1.54, 1.807) is 0 Å². The summed E-state index contributed by atoms with van der Waals surface area (Å²) in [6.07, 6.45) is 0. The molecule has 2 rings (SSSR count). The summed E-state index contributed by atoms with van der Waals surface area (Å²) < 4.78 is 37.7. The van der Waals surface area contributed by atoms with E-state index in [0.717, 1.165) is 12.1 Å². The molecule has 7 heteroatoms. The van der Waals surface area contributed by atoms with Gasteiger partial charge >= 0.3 is 0 Å². The van der Waals surface area contributed by atoms with Crippen LogP contribution in [0.3, 0.4) is 0 Å². The normalized spacial score (nSPS) is 11.6. The molecule has 106 valence electrons. The Morgan fingerprint density at radius 3 is 2.45 bits per heavy atom. The first-order valence-electron chi connectivity index (χ1n) is 5.51. The molecule has 0 radical (unpaired) electrons. The van der Waals surface area contributed by atoms with Crippen LogP contribution in [0.1, 0.15) is 5.56 Å². The predicted octanol–water partition coefficient (Wildman–Crippen LogP) is 3.69. The highest BCUT2D eigenvalue weighted by atomic mass is 35.5. The van der Waals surface area contributed by atoms with Crippen molar-refractivity contribution in [2.75, 3.05) is 5.73 Å². The summed E-state index contributed by atoms with van der Waals surface area (Å²) in [5.41, 5.74) is 5.96. The Morgan fingerprint density at radius 2 is 1.80 bits per heavy atom. The van der Waals surface area contributed by atoms with Crippen molar-refractivity contribution in [2.24, 2.45) is 0 Å². The second kappa shape index (κ2) is 5.60. The van der Waals surface area contributed by atoms with E-state index in [0.29, 0.717) is 10.6 Å². The third-order valence-electron chi connectivity index (χ3n) is 2.67. The molecular formula is C13H10Cl2FNO2S. The van der Waals surface area contributed by atoms with Gasteiger partial charge in [0.1, 0.15) is 5.82 Å². The fourth-order valence-electron chi connectivity index (χ4n) is 1.70. The van der Waals surface area contributed by atoms with Gasteiger partial charge in [-0.05, 0) is 35.9 Å². The lowest BCUT2D eigenvalue weighted by Gasteiger charge is -2.09. The lowest BCUT2D eigenvalue weighted by Crippen LogP contribution is -2.08. The number of halogens is 3. The minimum Gasteiger partial charge on any atom is -0.398 e. The van der Waals surface area contributed by atoms with Crippen LogP contribution in [-0.2, 0) is 15.6 Å². The van der Waals surface area contributed by atoms with Crippen LogP contribution in [0.2, 0.25) is 10.0 Å². The van der Waals surface area contributed by atoms with Crippen LogP contribution < -0.4 is 5.73 Å².